The van der Waals surface area contributed by atoms with Crippen LogP contribution in [0.25, 0.3) is 0 Å². The number of rotatable bonds is 1. The largest absolute Gasteiger partial charge is 0.361 e. The highest BCUT2D eigenvalue weighted by Crippen LogP contribution is 2.05. The lowest BCUT2D eigenvalue weighted by molar-refractivity contribution is 0.954. The number of anilines is 1. The molecule has 1 aromatic heterocycles. The molecule has 0 fully saturated rings. The van der Waals surface area contributed by atoms with Gasteiger partial charge in [-0.1, -0.05) is 13.8 Å². The molecule has 0 radical (unpaired) electrons. The summed E-state index contributed by atoms with van der Waals surface area (Å²) in [7, 11) is 3.90. The molecule has 1 aromatic rings. The summed E-state index contributed by atoms with van der Waals surface area (Å²) in [4.78, 5) is 1.93. The van der Waals surface area contributed by atoms with E-state index >= 15 is 0 Å². The fourth-order valence-electron chi connectivity index (χ4n) is 0.667. The van der Waals surface area contributed by atoms with Crippen molar-refractivity contribution in [2.75, 3.05) is 19.0 Å². The molecule has 12 heavy (non-hydrogen) atoms. The van der Waals surface area contributed by atoms with E-state index in [2.05, 4.69) is 10.2 Å². The maximum absolute atomic E-state index is 3.92. The molecule has 0 amide bonds. The van der Waals surface area contributed by atoms with Gasteiger partial charge in [-0.2, -0.15) is 5.10 Å². The number of hydrogen-bond acceptors (Lipinski definition) is 3. The predicted molar refractivity (Wildman–Crippen MR) is 52.4 cm³/mol. The topological polar surface area (TPSA) is 29.0 Å². The normalized spacial score (nSPS) is 8.42. The van der Waals surface area contributed by atoms with E-state index in [0.29, 0.717) is 0 Å². The van der Waals surface area contributed by atoms with Gasteiger partial charge in [-0.15, -0.1) is 5.10 Å². The van der Waals surface area contributed by atoms with Gasteiger partial charge in [0.25, 0.3) is 0 Å². The second-order valence-corrected chi connectivity index (χ2v) is 2.49. The summed E-state index contributed by atoms with van der Waals surface area (Å²) in [6, 6.07) is 1.99. The molecule has 0 saturated heterocycles. The van der Waals surface area contributed by atoms with Crippen molar-refractivity contribution in [3.05, 3.63) is 17.8 Å². The van der Waals surface area contributed by atoms with Crippen molar-refractivity contribution in [1.29, 1.82) is 0 Å². The first kappa shape index (κ1) is 10.9. The van der Waals surface area contributed by atoms with Gasteiger partial charge in [-0.05, 0) is 18.6 Å². The van der Waals surface area contributed by atoms with Crippen molar-refractivity contribution >= 4 is 5.82 Å². The molecule has 68 valence electrons. The van der Waals surface area contributed by atoms with Crippen molar-refractivity contribution in [3.8, 4) is 0 Å². The number of nitrogens with zero attached hydrogens (tertiary/aromatic N) is 3. The predicted octanol–water partition coefficient (Wildman–Crippen LogP) is 1.88. The maximum Gasteiger partial charge on any atom is 0.150 e. The van der Waals surface area contributed by atoms with Gasteiger partial charge in [0.05, 0.1) is 6.20 Å². The first-order chi connectivity index (χ1) is 5.70. The van der Waals surface area contributed by atoms with Crippen molar-refractivity contribution in [2.24, 2.45) is 0 Å². The first-order valence-corrected chi connectivity index (χ1v) is 4.17. The third-order valence-electron chi connectivity index (χ3n) is 1.24. The van der Waals surface area contributed by atoms with Crippen molar-refractivity contribution in [2.45, 2.75) is 20.8 Å². The molecule has 3 nitrogen and oxygen atoms in total. The third kappa shape index (κ3) is 3.32. The van der Waals surface area contributed by atoms with Crippen LogP contribution in [0.1, 0.15) is 19.4 Å². The molecule has 0 atom stereocenters. The molecular formula is C9H17N3. The fraction of sp³-hybridized carbons (Fsp3) is 0.556. The van der Waals surface area contributed by atoms with Crippen molar-refractivity contribution < 1.29 is 0 Å². The van der Waals surface area contributed by atoms with Crippen LogP contribution < -0.4 is 4.90 Å². The second kappa shape index (κ2) is 5.52. The van der Waals surface area contributed by atoms with Gasteiger partial charge in [-0.25, -0.2) is 0 Å². The van der Waals surface area contributed by atoms with Gasteiger partial charge < -0.3 is 4.90 Å². The molecule has 0 N–H and O–H groups in total. The first-order valence-electron chi connectivity index (χ1n) is 4.17. The summed E-state index contributed by atoms with van der Waals surface area (Å²) >= 11 is 0. The van der Waals surface area contributed by atoms with Crippen LogP contribution in [0.4, 0.5) is 5.82 Å². The van der Waals surface area contributed by atoms with Gasteiger partial charge in [0.2, 0.25) is 0 Å². The summed E-state index contributed by atoms with van der Waals surface area (Å²) in [6.07, 6.45) is 1.74. The van der Waals surface area contributed by atoms with E-state index in [1.165, 1.54) is 0 Å². The summed E-state index contributed by atoms with van der Waals surface area (Å²) in [6.45, 7) is 6.00. The second-order valence-electron chi connectivity index (χ2n) is 2.49. The van der Waals surface area contributed by atoms with E-state index in [4.69, 9.17) is 0 Å². The van der Waals surface area contributed by atoms with Crippen LogP contribution in [-0.2, 0) is 0 Å². The Kier molecular flexibility index (Phi) is 5.00. The van der Waals surface area contributed by atoms with Crippen molar-refractivity contribution in [3.63, 3.8) is 0 Å². The summed E-state index contributed by atoms with van der Waals surface area (Å²) < 4.78 is 0. The minimum Gasteiger partial charge on any atom is -0.361 e. The number of aromatic nitrogens is 2. The van der Waals surface area contributed by atoms with E-state index in [9.17, 15) is 0 Å². The number of hydrogen-bond donors (Lipinski definition) is 0. The highest BCUT2D eigenvalue weighted by atomic mass is 15.2. The molecular weight excluding hydrogens is 150 g/mol. The number of aryl methyl sites for hydroxylation is 1. The molecule has 0 bridgehead atoms. The maximum atomic E-state index is 3.92. The Labute approximate surface area is 74.4 Å². The molecule has 1 heterocycles. The fourth-order valence-corrected chi connectivity index (χ4v) is 0.667. The van der Waals surface area contributed by atoms with E-state index in [1.807, 2.05) is 45.8 Å². The van der Waals surface area contributed by atoms with Gasteiger partial charge >= 0.3 is 0 Å². The van der Waals surface area contributed by atoms with E-state index < -0.39 is 0 Å². The quantitative estimate of drug-likeness (QED) is 0.639. The van der Waals surface area contributed by atoms with E-state index in [0.717, 1.165) is 11.4 Å². The van der Waals surface area contributed by atoms with Crippen LogP contribution in [-0.4, -0.2) is 24.3 Å². The SMILES string of the molecule is CC.Cc1cnnc(N(C)C)c1. The molecule has 0 spiro atoms. The monoisotopic (exact) mass is 167 g/mol. The van der Waals surface area contributed by atoms with Crippen molar-refractivity contribution in [1.82, 2.24) is 10.2 Å². The lowest BCUT2D eigenvalue weighted by Gasteiger charge is -2.09. The summed E-state index contributed by atoms with van der Waals surface area (Å²) in [5.41, 5.74) is 1.14. The zero-order valence-electron chi connectivity index (χ0n) is 8.50. The third-order valence-corrected chi connectivity index (χ3v) is 1.24. The van der Waals surface area contributed by atoms with Crippen LogP contribution in [0.15, 0.2) is 12.3 Å². The molecule has 0 aliphatic heterocycles. The van der Waals surface area contributed by atoms with E-state index in [-0.39, 0.29) is 0 Å². The minimum atomic E-state index is 0.903. The average Bonchev–Trinajstić information content (AvgIpc) is 2.08. The van der Waals surface area contributed by atoms with Crippen LogP contribution in [0.2, 0.25) is 0 Å². The van der Waals surface area contributed by atoms with Gasteiger partial charge in [0.15, 0.2) is 5.82 Å². The lowest BCUT2D eigenvalue weighted by Crippen LogP contribution is -2.11. The molecule has 0 aromatic carbocycles. The molecule has 3 heteroatoms. The Hall–Kier alpha value is -1.12. The molecule has 0 aliphatic rings. The van der Waals surface area contributed by atoms with E-state index in [1.54, 1.807) is 6.20 Å². The Bertz CT molecular complexity index is 221. The Morgan fingerprint density at radius 1 is 1.25 bits per heavy atom. The Morgan fingerprint density at radius 2 is 1.83 bits per heavy atom. The zero-order chi connectivity index (χ0) is 9.56. The van der Waals surface area contributed by atoms with Gasteiger partial charge in [-0.3, -0.25) is 0 Å². The summed E-state index contributed by atoms with van der Waals surface area (Å²) in [5.74, 6) is 0.903. The molecule has 0 aliphatic carbocycles. The Morgan fingerprint density at radius 3 is 2.17 bits per heavy atom. The zero-order valence-corrected chi connectivity index (χ0v) is 8.50. The highest BCUT2D eigenvalue weighted by molar-refractivity contribution is 5.36. The molecule has 1 rings (SSSR count). The van der Waals surface area contributed by atoms with Crippen LogP contribution in [0, 0.1) is 6.92 Å². The van der Waals surface area contributed by atoms with Crippen LogP contribution >= 0.6 is 0 Å². The van der Waals surface area contributed by atoms with Gasteiger partial charge in [0, 0.05) is 14.1 Å². The summed E-state index contributed by atoms with van der Waals surface area (Å²) in [5, 5.41) is 7.73. The van der Waals surface area contributed by atoms with Crippen LogP contribution in [0.3, 0.4) is 0 Å². The minimum absolute atomic E-state index is 0.903. The smallest absolute Gasteiger partial charge is 0.150 e. The van der Waals surface area contributed by atoms with Crippen LogP contribution in [0.5, 0.6) is 0 Å². The molecule has 0 unspecified atom stereocenters. The lowest BCUT2D eigenvalue weighted by atomic mass is 10.3. The Balaban J connectivity index is 0.000000561. The molecule has 0 saturated carbocycles. The standard InChI is InChI=1S/C7H11N3.C2H6/c1-6-4-7(10(2)3)9-8-5-6;1-2/h4-5H,1-3H3;1-2H3. The van der Waals surface area contributed by atoms with Gasteiger partial charge in [0.1, 0.15) is 0 Å². The average molecular weight is 167 g/mol. The highest BCUT2D eigenvalue weighted by Gasteiger charge is 1.94.